The highest BCUT2D eigenvalue weighted by molar-refractivity contribution is 7.90. The fraction of sp³-hybridized carbons (Fsp3) is 0.516. The second-order valence-electron chi connectivity index (χ2n) is 11.6. The molecule has 42 heavy (non-hydrogen) atoms. The SMILES string of the molecule is CN1CCC[C@H]1COc1nc2c(c(N3CCN(S(=O)(=O)CCl)[C@@H](CC#N)C3)n1)CC[C@H](c1cccc3ccccc13)C2. The Balaban J connectivity index is 1.33. The van der Waals surface area contributed by atoms with Crippen molar-refractivity contribution in [3.63, 3.8) is 0 Å². The van der Waals surface area contributed by atoms with Crippen LogP contribution < -0.4 is 9.64 Å². The minimum Gasteiger partial charge on any atom is -0.462 e. The van der Waals surface area contributed by atoms with Crippen LogP contribution in [0, 0.1) is 11.3 Å². The Morgan fingerprint density at radius 2 is 1.90 bits per heavy atom. The number of hydrogen-bond acceptors (Lipinski definition) is 8. The lowest BCUT2D eigenvalue weighted by Gasteiger charge is -2.41. The zero-order valence-electron chi connectivity index (χ0n) is 24.0. The molecule has 6 rings (SSSR count). The molecule has 0 amide bonds. The van der Waals surface area contributed by atoms with Crippen LogP contribution in [-0.2, 0) is 22.9 Å². The number of benzene rings is 2. The first-order valence-corrected chi connectivity index (χ1v) is 16.9. The average Bonchev–Trinajstić information content (AvgIpc) is 3.43. The van der Waals surface area contributed by atoms with Gasteiger partial charge in [-0.15, -0.1) is 11.6 Å². The molecule has 0 N–H and O–H groups in total. The normalized spacial score (nSPS) is 23.5. The largest absolute Gasteiger partial charge is 0.462 e. The van der Waals surface area contributed by atoms with E-state index in [1.165, 1.54) is 20.6 Å². The number of ether oxygens (including phenoxy) is 1. The van der Waals surface area contributed by atoms with Gasteiger partial charge < -0.3 is 14.5 Å². The van der Waals surface area contributed by atoms with Crippen LogP contribution >= 0.6 is 11.6 Å². The number of likely N-dealkylation sites (tertiary alicyclic amines) is 1. The van der Waals surface area contributed by atoms with Crippen molar-refractivity contribution in [2.45, 2.75) is 56.5 Å². The highest BCUT2D eigenvalue weighted by Gasteiger charge is 2.37. The van der Waals surface area contributed by atoms with E-state index in [0.29, 0.717) is 37.7 Å². The van der Waals surface area contributed by atoms with E-state index in [0.717, 1.165) is 55.7 Å². The average molecular weight is 609 g/mol. The number of piperazine rings is 1. The van der Waals surface area contributed by atoms with Crippen LogP contribution in [0.4, 0.5) is 5.82 Å². The van der Waals surface area contributed by atoms with E-state index in [9.17, 15) is 13.7 Å². The van der Waals surface area contributed by atoms with E-state index in [-0.39, 0.29) is 13.0 Å². The summed E-state index contributed by atoms with van der Waals surface area (Å²) in [6.45, 7) is 2.67. The second kappa shape index (κ2) is 12.3. The zero-order valence-corrected chi connectivity index (χ0v) is 25.5. The molecule has 2 saturated heterocycles. The van der Waals surface area contributed by atoms with Crippen molar-refractivity contribution in [1.82, 2.24) is 19.2 Å². The van der Waals surface area contributed by atoms with Crippen LogP contribution in [0.15, 0.2) is 42.5 Å². The molecule has 0 unspecified atom stereocenters. The van der Waals surface area contributed by atoms with Gasteiger partial charge in [-0.1, -0.05) is 42.5 Å². The van der Waals surface area contributed by atoms with E-state index in [4.69, 9.17) is 26.3 Å². The molecule has 0 radical (unpaired) electrons. The Labute approximate surface area is 253 Å². The minimum absolute atomic E-state index is 0.0838. The highest BCUT2D eigenvalue weighted by atomic mass is 35.5. The van der Waals surface area contributed by atoms with Gasteiger partial charge in [-0.25, -0.2) is 8.42 Å². The number of hydrogen-bond donors (Lipinski definition) is 0. The first-order chi connectivity index (χ1) is 20.4. The van der Waals surface area contributed by atoms with Crippen molar-refractivity contribution in [1.29, 1.82) is 5.26 Å². The second-order valence-corrected chi connectivity index (χ2v) is 14.2. The van der Waals surface area contributed by atoms with Crippen molar-refractivity contribution in [2.24, 2.45) is 0 Å². The predicted molar refractivity (Wildman–Crippen MR) is 164 cm³/mol. The van der Waals surface area contributed by atoms with Crippen molar-refractivity contribution < 1.29 is 13.2 Å². The van der Waals surface area contributed by atoms with Gasteiger partial charge in [0.2, 0.25) is 10.0 Å². The quantitative estimate of drug-likeness (QED) is 0.349. The molecule has 9 nitrogen and oxygen atoms in total. The van der Waals surface area contributed by atoms with Gasteiger partial charge in [0.25, 0.3) is 0 Å². The highest BCUT2D eigenvalue weighted by Crippen LogP contribution is 2.39. The van der Waals surface area contributed by atoms with Crippen molar-refractivity contribution in [3.05, 3.63) is 59.3 Å². The molecule has 3 aliphatic rings. The summed E-state index contributed by atoms with van der Waals surface area (Å²) in [6.07, 6.45) is 4.88. The zero-order chi connectivity index (χ0) is 29.3. The topological polar surface area (TPSA) is 103 Å². The minimum atomic E-state index is -3.64. The standard InChI is InChI=1S/C31H37ClN6O3S/c1-36-15-5-8-25(36)20-41-31-34-29-18-23(27-10-4-7-22-6-2-3-9-26(22)27)11-12-28(29)30(35-31)37-16-17-38(42(39,40)21-32)24(19-37)13-14-33/h2-4,6-7,9-10,23-25H,5,8,11-13,15-21H2,1H3/t23-,24-,25-/m0/s1. The maximum Gasteiger partial charge on any atom is 0.318 e. The Kier molecular flexibility index (Phi) is 8.55. The molecule has 2 aromatic carbocycles. The molecule has 1 aromatic heterocycles. The van der Waals surface area contributed by atoms with Gasteiger partial charge in [0.15, 0.2) is 0 Å². The van der Waals surface area contributed by atoms with E-state index in [1.54, 1.807) is 0 Å². The predicted octanol–water partition coefficient (Wildman–Crippen LogP) is 4.31. The molecule has 1 aliphatic carbocycles. The molecule has 0 spiro atoms. The number of fused-ring (bicyclic) bond motifs is 2. The monoisotopic (exact) mass is 608 g/mol. The van der Waals surface area contributed by atoms with E-state index in [2.05, 4.69) is 65.4 Å². The van der Waals surface area contributed by atoms with Crippen LogP contribution in [0.1, 0.15) is 48.4 Å². The first-order valence-electron chi connectivity index (χ1n) is 14.8. The number of aromatic nitrogens is 2. The number of nitriles is 1. The molecule has 3 atom stereocenters. The third-order valence-electron chi connectivity index (χ3n) is 9.12. The van der Waals surface area contributed by atoms with Crippen LogP contribution in [-0.4, -0.2) is 84.7 Å². The Morgan fingerprint density at radius 3 is 2.69 bits per heavy atom. The molecular formula is C31H37ClN6O3S. The van der Waals surface area contributed by atoms with Crippen LogP contribution in [0.2, 0.25) is 0 Å². The number of anilines is 1. The fourth-order valence-electron chi connectivity index (χ4n) is 6.86. The van der Waals surface area contributed by atoms with Gasteiger partial charge in [0.1, 0.15) is 17.6 Å². The van der Waals surface area contributed by atoms with Gasteiger partial charge in [-0.2, -0.15) is 19.5 Å². The molecule has 0 bridgehead atoms. The molecule has 0 saturated carbocycles. The summed E-state index contributed by atoms with van der Waals surface area (Å²) in [6, 6.07) is 17.4. The van der Waals surface area contributed by atoms with Gasteiger partial charge >= 0.3 is 6.01 Å². The van der Waals surface area contributed by atoms with E-state index in [1.807, 2.05) is 0 Å². The molecule has 3 heterocycles. The fourth-order valence-corrected chi connectivity index (χ4v) is 8.32. The lowest BCUT2D eigenvalue weighted by molar-refractivity contribution is 0.187. The number of rotatable bonds is 8. The number of sulfonamides is 1. The Hall–Kier alpha value is -2.97. The van der Waals surface area contributed by atoms with Gasteiger partial charge in [-0.3, -0.25) is 0 Å². The smallest absolute Gasteiger partial charge is 0.318 e. The summed E-state index contributed by atoms with van der Waals surface area (Å²) >= 11 is 5.79. The summed E-state index contributed by atoms with van der Waals surface area (Å²) in [5.74, 6) is 1.12. The lowest BCUT2D eigenvalue weighted by Crippen LogP contribution is -2.55. The lowest BCUT2D eigenvalue weighted by atomic mass is 9.80. The Morgan fingerprint density at radius 1 is 1.07 bits per heavy atom. The summed E-state index contributed by atoms with van der Waals surface area (Å²) in [4.78, 5) is 14.4. The summed E-state index contributed by atoms with van der Waals surface area (Å²) < 4.78 is 33.0. The molecule has 2 aliphatic heterocycles. The summed E-state index contributed by atoms with van der Waals surface area (Å²) in [5.41, 5.74) is 3.43. The molecule has 222 valence electrons. The molecular weight excluding hydrogens is 572 g/mol. The maximum absolute atomic E-state index is 12.7. The van der Waals surface area contributed by atoms with Crippen molar-refractivity contribution in [3.8, 4) is 12.1 Å². The molecule has 2 fully saturated rings. The summed E-state index contributed by atoms with van der Waals surface area (Å²) in [5, 5.41) is 11.5. The first kappa shape index (κ1) is 29.1. The maximum atomic E-state index is 12.7. The van der Waals surface area contributed by atoms with Crippen LogP contribution in [0.5, 0.6) is 6.01 Å². The number of likely N-dealkylation sites (N-methyl/N-ethyl adjacent to an activating group) is 1. The van der Waals surface area contributed by atoms with Gasteiger partial charge in [0.05, 0.1) is 24.2 Å². The van der Waals surface area contributed by atoms with Crippen molar-refractivity contribution >= 4 is 38.2 Å². The van der Waals surface area contributed by atoms with Gasteiger partial charge in [-0.05, 0) is 68.0 Å². The molecule has 3 aromatic rings. The van der Waals surface area contributed by atoms with Crippen LogP contribution in [0.3, 0.4) is 0 Å². The summed E-state index contributed by atoms with van der Waals surface area (Å²) in [7, 11) is -1.52. The van der Waals surface area contributed by atoms with E-state index >= 15 is 0 Å². The number of nitrogens with zero attached hydrogens (tertiary/aromatic N) is 6. The van der Waals surface area contributed by atoms with Crippen LogP contribution in [0.25, 0.3) is 10.8 Å². The third-order valence-corrected chi connectivity index (χ3v) is 11.4. The molecule has 11 heteroatoms. The number of halogens is 1. The van der Waals surface area contributed by atoms with Crippen molar-refractivity contribution in [2.75, 3.05) is 49.9 Å². The van der Waals surface area contributed by atoms with E-state index < -0.39 is 21.3 Å². The third kappa shape index (κ3) is 5.80. The number of alkyl halides is 1. The van der Waals surface area contributed by atoms with Gasteiger partial charge in [0, 0.05) is 31.2 Å². The Bertz CT molecular complexity index is 1590.